The Hall–Kier alpha value is -2.10. The average molecular weight is 289 g/mol. The lowest BCUT2D eigenvalue weighted by Gasteiger charge is -2.14. The number of esters is 1. The minimum Gasteiger partial charge on any atom is -0.466 e. The van der Waals surface area contributed by atoms with Crippen LogP contribution in [-0.2, 0) is 20.7 Å². The van der Waals surface area contributed by atoms with Gasteiger partial charge in [0.1, 0.15) is 0 Å². The molecular weight excluding hydrogens is 266 g/mol. The molecule has 0 unspecified atom stereocenters. The summed E-state index contributed by atoms with van der Waals surface area (Å²) in [7, 11) is 1.67. The molecule has 0 saturated heterocycles. The molecular formula is C17H23NO3. The zero-order chi connectivity index (χ0) is 15.7. The Morgan fingerprint density at radius 3 is 2.43 bits per heavy atom. The zero-order valence-electron chi connectivity index (χ0n) is 13.0. The van der Waals surface area contributed by atoms with E-state index in [9.17, 15) is 9.59 Å². The highest BCUT2D eigenvalue weighted by molar-refractivity contribution is 5.91. The third-order valence-electron chi connectivity index (χ3n) is 3.14. The van der Waals surface area contributed by atoms with E-state index in [4.69, 9.17) is 4.74 Å². The topological polar surface area (TPSA) is 46.6 Å². The fourth-order valence-electron chi connectivity index (χ4n) is 1.76. The van der Waals surface area contributed by atoms with E-state index >= 15 is 0 Å². The van der Waals surface area contributed by atoms with Crippen LogP contribution in [0.5, 0.6) is 0 Å². The van der Waals surface area contributed by atoms with Crippen molar-refractivity contribution in [3.63, 3.8) is 0 Å². The Labute approximate surface area is 126 Å². The smallest absolute Gasteiger partial charge is 0.307 e. The summed E-state index contributed by atoms with van der Waals surface area (Å²) in [5, 5.41) is 0. The number of likely N-dealkylation sites (N-methyl/N-ethyl adjacent to an activating group) is 1. The third-order valence-corrected chi connectivity index (χ3v) is 3.14. The first kappa shape index (κ1) is 17.0. The van der Waals surface area contributed by atoms with E-state index in [1.54, 1.807) is 20.0 Å². The Bertz CT molecular complexity index is 491. The van der Waals surface area contributed by atoms with Crippen molar-refractivity contribution in [2.75, 3.05) is 20.2 Å². The maximum atomic E-state index is 11.9. The summed E-state index contributed by atoms with van der Waals surface area (Å²) in [6, 6.07) is 8.08. The molecule has 0 saturated carbocycles. The normalized spacial score (nSPS) is 10.6. The largest absolute Gasteiger partial charge is 0.466 e. The maximum Gasteiger partial charge on any atom is 0.307 e. The first-order chi connectivity index (χ1) is 10.1. The fraction of sp³-hybridized carbons (Fsp3) is 0.412. The van der Waals surface area contributed by atoms with Crippen LogP contribution in [0.4, 0.5) is 0 Å². The first-order valence-corrected chi connectivity index (χ1v) is 7.24. The number of rotatable bonds is 7. The standard InChI is InChI=1S/C17H23NO3/c1-4-14-6-8-15(9-7-14)10-11-16(19)18(3)13-12-17(20)21-5-2/h6-11H,4-5,12-13H2,1-3H3. The molecule has 114 valence electrons. The molecule has 0 fully saturated rings. The molecule has 4 heteroatoms. The van der Waals surface area contributed by atoms with E-state index in [-0.39, 0.29) is 18.3 Å². The van der Waals surface area contributed by atoms with E-state index in [1.165, 1.54) is 16.5 Å². The molecule has 4 nitrogen and oxygen atoms in total. The molecule has 0 aliphatic heterocycles. The molecule has 0 aliphatic rings. The van der Waals surface area contributed by atoms with Crippen molar-refractivity contribution < 1.29 is 14.3 Å². The predicted octanol–water partition coefficient (Wildman–Crippen LogP) is 2.67. The second-order valence-corrected chi connectivity index (χ2v) is 4.74. The Morgan fingerprint density at radius 1 is 1.19 bits per heavy atom. The Morgan fingerprint density at radius 2 is 1.86 bits per heavy atom. The molecule has 1 rings (SSSR count). The van der Waals surface area contributed by atoms with Crippen molar-refractivity contribution in [2.45, 2.75) is 26.7 Å². The number of nitrogens with zero attached hydrogens (tertiary/aromatic N) is 1. The molecule has 0 N–H and O–H groups in total. The van der Waals surface area contributed by atoms with Crippen LogP contribution in [0.1, 0.15) is 31.4 Å². The van der Waals surface area contributed by atoms with Crippen molar-refractivity contribution in [1.82, 2.24) is 4.90 Å². The first-order valence-electron chi connectivity index (χ1n) is 7.24. The molecule has 1 aromatic carbocycles. The van der Waals surface area contributed by atoms with Crippen LogP contribution in [0.15, 0.2) is 30.3 Å². The quantitative estimate of drug-likeness (QED) is 0.572. The average Bonchev–Trinajstić information content (AvgIpc) is 2.51. The molecule has 0 radical (unpaired) electrons. The van der Waals surface area contributed by atoms with E-state index in [0.29, 0.717) is 13.2 Å². The van der Waals surface area contributed by atoms with Gasteiger partial charge in [-0.25, -0.2) is 0 Å². The van der Waals surface area contributed by atoms with Gasteiger partial charge < -0.3 is 9.64 Å². The Kier molecular flexibility index (Phi) is 7.23. The highest BCUT2D eigenvalue weighted by Gasteiger charge is 2.08. The Balaban J connectivity index is 2.46. The van der Waals surface area contributed by atoms with Crippen LogP contribution in [0.2, 0.25) is 0 Å². The number of amides is 1. The lowest BCUT2D eigenvalue weighted by atomic mass is 10.1. The van der Waals surface area contributed by atoms with Gasteiger partial charge in [0.25, 0.3) is 0 Å². The minimum absolute atomic E-state index is 0.126. The van der Waals surface area contributed by atoms with Gasteiger partial charge in [-0.15, -0.1) is 0 Å². The van der Waals surface area contributed by atoms with Gasteiger partial charge in [-0.05, 0) is 30.5 Å². The molecule has 0 bridgehead atoms. The van der Waals surface area contributed by atoms with E-state index in [1.807, 2.05) is 12.1 Å². The fourth-order valence-corrected chi connectivity index (χ4v) is 1.76. The molecule has 0 spiro atoms. The van der Waals surface area contributed by atoms with Gasteiger partial charge in [0.15, 0.2) is 0 Å². The van der Waals surface area contributed by atoms with Gasteiger partial charge in [-0.2, -0.15) is 0 Å². The molecule has 1 amide bonds. The highest BCUT2D eigenvalue weighted by Crippen LogP contribution is 2.07. The summed E-state index contributed by atoms with van der Waals surface area (Å²) < 4.78 is 4.83. The third kappa shape index (κ3) is 6.25. The molecule has 1 aromatic rings. The number of hydrogen-bond acceptors (Lipinski definition) is 3. The van der Waals surface area contributed by atoms with E-state index in [0.717, 1.165) is 12.0 Å². The highest BCUT2D eigenvalue weighted by atomic mass is 16.5. The summed E-state index contributed by atoms with van der Waals surface area (Å²) in [5.74, 6) is -0.407. The summed E-state index contributed by atoms with van der Waals surface area (Å²) in [5.41, 5.74) is 2.25. The summed E-state index contributed by atoms with van der Waals surface area (Å²) in [6.45, 7) is 4.59. The van der Waals surface area contributed by atoms with Crippen LogP contribution < -0.4 is 0 Å². The van der Waals surface area contributed by atoms with Crippen molar-refractivity contribution in [1.29, 1.82) is 0 Å². The van der Waals surface area contributed by atoms with Crippen molar-refractivity contribution in [3.05, 3.63) is 41.5 Å². The number of carbonyl (C=O) groups excluding carboxylic acids is 2. The minimum atomic E-state index is -0.281. The molecule has 0 aliphatic carbocycles. The zero-order valence-corrected chi connectivity index (χ0v) is 13.0. The lowest BCUT2D eigenvalue weighted by Crippen LogP contribution is -2.27. The lowest BCUT2D eigenvalue weighted by molar-refractivity contribution is -0.143. The summed E-state index contributed by atoms with van der Waals surface area (Å²) in [6.07, 6.45) is 4.52. The number of ether oxygens (including phenoxy) is 1. The van der Waals surface area contributed by atoms with E-state index in [2.05, 4.69) is 19.1 Å². The second kappa shape index (κ2) is 8.95. The number of hydrogen-bond donors (Lipinski definition) is 0. The van der Waals surface area contributed by atoms with Crippen molar-refractivity contribution >= 4 is 18.0 Å². The monoisotopic (exact) mass is 289 g/mol. The number of carbonyl (C=O) groups is 2. The molecule has 0 atom stereocenters. The van der Waals surface area contributed by atoms with Gasteiger partial charge in [-0.3, -0.25) is 9.59 Å². The SMILES string of the molecule is CCOC(=O)CCN(C)C(=O)C=Cc1ccc(CC)cc1. The number of aryl methyl sites for hydroxylation is 1. The predicted molar refractivity (Wildman–Crippen MR) is 83.7 cm³/mol. The van der Waals surface area contributed by atoms with Crippen molar-refractivity contribution in [3.8, 4) is 0 Å². The molecule has 0 heterocycles. The van der Waals surface area contributed by atoms with Crippen LogP contribution in [0.3, 0.4) is 0 Å². The van der Waals surface area contributed by atoms with E-state index < -0.39 is 0 Å². The van der Waals surface area contributed by atoms with Crippen LogP contribution in [0, 0.1) is 0 Å². The van der Waals surface area contributed by atoms with Gasteiger partial charge >= 0.3 is 5.97 Å². The van der Waals surface area contributed by atoms with Crippen LogP contribution in [0.25, 0.3) is 6.08 Å². The van der Waals surface area contributed by atoms with Crippen LogP contribution in [-0.4, -0.2) is 37.0 Å². The maximum absolute atomic E-state index is 11.9. The molecule has 0 aromatic heterocycles. The summed E-state index contributed by atoms with van der Waals surface area (Å²) in [4.78, 5) is 24.6. The van der Waals surface area contributed by atoms with Gasteiger partial charge in [-0.1, -0.05) is 31.2 Å². The summed E-state index contributed by atoms with van der Waals surface area (Å²) >= 11 is 0. The van der Waals surface area contributed by atoms with Crippen LogP contribution >= 0.6 is 0 Å². The van der Waals surface area contributed by atoms with Gasteiger partial charge in [0.05, 0.1) is 13.0 Å². The number of benzene rings is 1. The van der Waals surface area contributed by atoms with Crippen molar-refractivity contribution in [2.24, 2.45) is 0 Å². The van der Waals surface area contributed by atoms with Gasteiger partial charge in [0.2, 0.25) is 5.91 Å². The molecule has 21 heavy (non-hydrogen) atoms. The second-order valence-electron chi connectivity index (χ2n) is 4.74. The van der Waals surface area contributed by atoms with Gasteiger partial charge in [0, 0.05) is 19.7 Å².